The second kappa shape index (κ2) is 7.20. The maximum atomic E-state index is 11.5. The molecule has 1 unspecified atom stereocenters. The Balaban J connectivity index is 4.04. The SMILES string of the molecule is CCCCS(=O)(=O)CC(COC)NC. The predicted molar refractivity (Wildman–Crippen MR) is 58.3 cm³/mol. The summed E-state index contributed by atoms with van der Waals surface area (Å²) < 4.78 is 28.0. The Morgan fingerprint density at radius 1 is 1.43 bits per heavy atom. The molecule has 0 aliphatic heterocycles. The van der Waals surface area contributed by atoms with Crippen LogP contribution in [0.2, 0.25) is 0 Å². The van der Waals surface area contributed by atoms with Gasteiger partial charge in [0.1, 0.15) is 0 Å². The summed E-state index contributed by atoms with van der Waals surface area (Å²) in [5.41, 5.74) is 0. The van der Waals surface area contributed by atoms with Gasteiger partial charge >= 0.3 is 0 Å². The van der Waals surface area contributed by atoms with Crippen LogP contribution in [0.15, 0.2) is 0 Å². The van der Waals surface area contributed by atoms with E-state index in [1.54, 1.807) is 14.2 Å². The summed E-state index contributed by atoms with van der Waals surface area (Å²) in [5.74, 6) is 0.447. The molecule has 0 aromatic carbocycles. The quantitative estimate of drug-likeness (QED) is 0.648. The van der Waals surface area contributed by atoms with Gasteiger partial charge in [-0.05, 0) is 13.5 Å². The van der Waals surface area contributed by atoms with Gasteiger partial charge in [0, 0.05) is 13.2 Å². The van der Waals surface area contributed by atoms with Crippen molar-refractivity contribution in [2.24, 2.45) is 0 Å². The first-order valence-electron chi connectivity index (χ1n) is 4.92. The van der Waals surface area contributed by atoms with Gasteiger partial charge in [0.05, 0.1) is 18.1 Å². The summed E-state index contributed by atoms with van der Waals surface area (Å²) in [6.45, 7) is 2.42. The fourth-order valence-electron chi connectivity index (χ4n) is 1.17. The molecule has 14 heavy (non-hydrogen) atoms. The molecule has 4 nitrogen and oxygen atoms in total. The van der Waals surface area contributed by atoms with E-state index in [0.29, 0.717) is 6.61 Å². The van der Waals surface area contributed by atoms with Crippen molar-refractivity contribution in [1.29, 1.82) is 0 Å². The molecule has 1 N–H and O–H groups in total. The van der Waals surface area contributed by atoms with Crippen molar-refractivity contribution < 1.29 is 13.2 Å². The van der Waals surface area contributed by atoms with Crippen molar-refractivity contribution in [3.63, 3.8) is 0 Å². The van der Waals surface area contributed by atoms with Crippen molar-refractivity contribution in [1.82, 2.24) is 5.32 Å². The van der Waals surface area contributed by atoms with Gasteiger partial charge in [-0.3, -0.25) is 0 Å². The van der Waals surface area contributed by atoms with Gasteiger partial charge in [0.25, 0.3) is 0 Å². The standard InChI is InChI=1S/C9H21NO3S/c1-4-5-6-14(11,12)8-9(10-2)7-13-3/h9-10H,4-8H2,1-3H3. The minimum Gasteiger partial charge on any atom is -0.383 e. The van der Waals surface area contributed by atoms with Crippen molar-refractivity contribution in [3.05, 3.63) is 0 Å². The lowest BCUT2D eigenvalue weighted by molar-refractivity contribution is 0.176. The fraction of sp³-hybridized carbons (Fsp3) is 1.00. The molecule has 0 spiro atoms. The van der Waals surface area contributed by atoms with E-state index in [1.165, 1.54) is 0 Å². The van der Waals surface area contributed by atoms with Gasteiger partial charge in [-0.1, -0.05) is 13.3 Å². The summed E-state index contributed by atoms with van der Waals surface area (Å²) in [6, 6.07) is -0.0955. The second-order valence-corrected chi connectivity index (χ2v) is 5.64. The van der Waals surface area contributed by atoms with Crippen LogP contribution in [0.1, 0.15) is 19.8 Å². The molecule has 0 aromatic heterocycles. The zero-order valence-electron chi connectivity index (χ0n) is 9.25. The van der Waals surface area contributed by atoms with Gasteiger partial charge in [-0.15, -0.1) is 0 Å². The Morgan fingerprint density at radius 3 is 2.50 bits per heavy atom. The summed E-state index contributed by atoms with van der Waals surface area (Å²) in [5, 5.41) is 2.93. The molecule has 0 bridgehead atoms. The van der Waals surface area contributed by atoms with Gasteiger partial charge in [0.2, 0.25) is 0 Å². The van der Waals surface area contributed by atoms with Crippen LogP contribution in [0.4, 0.5) is 0 Å². The highest BCUT2D eigenvalue weighted by atomic mass is 32.2. The average Bonchev–Trinajstić information content (AvgIpc) is 2.14. The Bertz CT molecular complexity index is 226. The van der Waals surface area contributed by atoms with E-state index < -0.39 is 9.84 Å². The number of rotatable bonds is 8. The van der Waals surface area contributed by atoms with Gasteiger partial charge < -0.3 is 10.1 Å². The number of likely N-dealkylation sites (N-methyl/N-ethyl adjacent to an activating group) is 1. The maximum absolute atomic E-state index is 11.5. The van der Waals surface area contributed by atoms with Crippen molar-refractivity contribution >= 4 is 9.84 Å². The molecule has 0 radical (unpaired) electrons. The molecule has 0 saturated carbocycles. The van der Waals surface area contributed by atoms with Crippen LogP contribution in [-0.4, -0.2) is 46.7 Å². The lowest BCUT2D eigenvalue weighted by atomic mass is 10.4. The monoisotopic (exact) mass is 223 g/mol. The number of methoxy groups -OCH3 is 1. The normalized spacial score (nSPS) is 14.2. The topological polar surface area (TPSA) is 55.4 Å². The van der Waals surface area contributed by atoms with Gasteiger partial charge in [0.15, 0.2) is 9.84 Å². The second-order valence-electron chi connectivity index (χ2n) is 3.41. The van der Waals surface area contributed by atoms with E-state index in [9.17, 15) is 8.42 Å². The lowest BCUT2D eigenvalue weighted by Crippen LogP contribution is -2.37. The largest absolute Gasteiger partial charge is 0.383 e. The van der Waals surface area contributed by atoms with Crippen molar-refractivity contribution in [2.75, 3.05) is 32.3 Å². The minimum atomic E-state index is -2.92. The molecule has 0 rings (SSSR count). The Hall–Kier alpha value is -0.130. The highest BCUT2D eigenvalue weighted by Crippen LogP contribution is 2.00. The third-order valence-corrected chi connectivity index (χ3v) is 3.86. The van der Waals surface area contributed by atoms with Crippen LogP contribution >= 0.6 is 0 Å². The smallest absolute Gasteiger partial charge is 0.151 e. The van der Waals surface area contributed by atoms with Gasteiger partial charge in [-0.25, -0.2) is 8.42 Å². The van der Waals surface area contributed by atoms with Crippen LogP contribution in [0.5, 0.6) is 0 Å². The van der Waals surface area contributed by atoms with Gasteiger partial charge in [-0.2, -0.15) is 0 Å². The molecule has 0 aliphatic rings. The summed E-state index contributed by atoms with van der Waals surface area (Å²) >= 11 is 0. The number of nitrogens with one attached hydrogen (secondary N) is 1. The number of sulfone groups is 1. The Morgan fingerprint density at radius 2 is 2.07 bits per heavy atom. The Kier molecular flexibility index (Phi) is 7.13. The zero-order valence-corrected chi connectivity index (χ0v) is 10.1. The summed E-state index contributed by atoms with van der Waals surface area (Å²) in [4.78, 5) is 0. The third-order valence-electron chi connectivity index (χ3n) is 2.04. The highest BCUT2D eigenvalue weighted by molar-refractivity contribution is 7.91. The van der Waals surface area contributed by atoms with E-state index in [4.69, 9.17) is 4.74 Å². The summed E-state index contributed by atoms with van der Waals surface area (Å²) in [6.07, 6.45) is 1.65. The molecule has 1 atom stereocenters. The number of unbranched alkanes of at least 4 members (excludes halogenated alkanes) is 1. The first-order chi connectivity index (χ1) is 6.55. The van der Waals surface area contributed by atoms with Crippen LogP contribution < -0.4 is 5.32 Å². The first-order valence-corrected chi connectivity index (χ1v) is 6.74. The van der Waals surface area contributed by atoms with Crippen molar-refractivity contribution in [2.45, 2.75) is 25.8 Å². The molecule has 0 aliphatic carbocycles. The third kappa shape index (κ3) is 6.34. The van der Waals surface area contributed by atoms with Crippen LogP contribution in [-0.2, 0) is 14.6 Å². The van der Waals surface area contributed by atoms with Crippen LogP contribution in [0.3, 0.4) is 0 Å². The number of hydrogen-bond acceptors (Lipinski definition) is 4. The maximum Gasteiger partial charge on any atom is 0.151 e. The van der Waals surface area contributed by atoms with E-state index in [0.717, 1.165) is 12.8 Å². The average molecular weight is 223 g/mol. The Labute approximate surface area is 86.9 Å². The van der Waals surface area contributed by atoms with Crippen LogP contribution in [0.25, 0.3) is 0 Å². The first kappa shape index (κ1) is 13.9. The predicted octanol–water partition coefficient (Wildman–Crippen LogP) is 0.436. The molecule has 0 amide bonds. The molecule has 0 saturated heterocycles. The van der Waals surface area contributed by atoms with Crippen LogP contribution in [0, 0.1) is 0 Å². The minimum absolute atomic E-state index is 0.0955. The molecular formula is C9H21NO3S. The van der Waals surface area contributed by atoms with E-state index in [-0.39, 0.29) is 17.5 Å². The molecule has 0 aromatic rings. The molecular weight excluding hydrogens is 202 g/mol. The lowest BCUT2D eigenvalue weighted by Gasteiger charge is -2.14. The molecule has 5 heteroatoms. The van der Waals surface area contributed by atoms with Crippen molar-refractivity contribution in [3.8, 4) is 0 Å². The summed E-state index contributed by atoms with van der Waals surface area (Å²) in [7, 11) is 0.402. The number of hydrogen-bond donors (Lipinski definition) is 1. The molecule has 86 valence electrons. The molecule has 0 heterocycles. The van der Waals surface area contributed by atoms with E-state index in [2.05, 4.69) is 5.32 Å². The van der Waals surface area contributed by atoms with E-state index >= 15 is 0 Å². The zero-order chi connectivity index (χ0) is 11.0. The highest BCUT2D eigenvalue weighted by Gasteiger charge is 2.17. The number of ether oxygens (including phenoxy) is 1. The fourth-order valence-corrected chi connectivity index (χ4v) is 2.94. The van der Waals surface area contributed by atoms with E-state index in [1.807, 2.05) is 6.92 Å². The molecule has 0 fully saturated rings.